The molecule has 2 rings (SSSR count). The number of para-hydroxylation sites is 1. The smallest absolute Gasteiger partial charge is 0.148 e. The maximum atomic E-state index is 14.0. The molecular weight excluding hydrogens is 269 g/mol. The SMILES string of the molecule is Cc1c(NN)nc(C(C)C)nc1N(C)c1ccccc1F. The highest BCUT2D eigenvalue weighted by Gasteiger charge is 2.18. The van der Waals surface area contributed by atoms with Crippen LogP contribution in [0.25, 0.3) is 0 Å². The topological polar surface area (TPSA) is 67.1 Å². The Kier molecular flexibility index (Phi) is 4.37. The van der Waals surface area contributed by atoms with E-state index in [1.165, 1.54) is 6.07 Å². The summed E-state index contributed by atoms with van der Waals surface area (Å²) in [7, 11) is 1.78. The summed E-state index contributed by atoms with van der Waals surface area (Å²) >= 11 is 0. The van der Waals surface area contributed by atoms with E-state index in [0.717, 1.165) is 5.56 Å². The third-order valence-corrected chi connectivity index (χ3v) is 3.32. The minimum absolute atomic E-state index is 0.144. The Hall–Kier alpha value is -2.21. The van der Waals surface area contributed by atoms with Crippen molar-refractivity contribution in [3.8, 4) is 0 Å². The van der Waals surface area contributed by atoms with Crippen molar-refractivity contribution in [2.75, 3.05) is 17.4 Å². The van der Waals surface area contributed by atoms with Crippen molar-refractivity contribution in [2.24, 2.45) is 5.84 Å². The first-order valence-electron chi connectivity index (χ1n) is 6.79. The van der Waals surface area contributed by atoms with Crippen molar-refractivity contribution in [3.05, 3.63) is 41.5 Å². The van der Waals surface area contributed by atoms with Crippen LogP contribution in [-0.2, 0) is 0 Å². The maximum absolute atomic E-state index is 14.0. The van der Waals surface area contributed by atoms with Gasteiger partial charge in [-0.1, -0.05) is 26.0 Å². The standard InChI is InChI=1S/C15H20FN5/c1-9(2)13-18-14(20-17)10(3)15(19-13)21(4)12-8-6-5-7-11(12)16/h5-9H,17H2,1-4H3,(H,18,19,20). The van der Waals surface area contributed by atoms with Gasteiger partial charge in [-0.15, -0.1) is 0 Å². The van der Waals surface area contributed by atoms with Crippen molar-refractivity contribution in [1.82, 2.24) is 9.97 Å². The van der Waals surface area contributed by atoms with Crippen LogP contribution in [0.15, 0.2) is 24.3 Å². The largest absolute Gasteiger partial charge is 0.327 e. The van der Waals surface area contributed by atoms with Crippen LogP contribution in [0.1, 0.15) is 31.2 Å². The van der Waals surface area contributed by atoms with Crippen molar-refractivity contribution < 1.29 is 4.39 Å². The van der Waals surface area contributed by atoms with Gasteiger partial charge in [-0.3, -0.25) is 0 Å². The monoisotopic (exact) mass is 289 g/mol. The van der Waals surface area contributed by atoms with Crippen LogP contribution in [0.2, 0.25) is 0 Å². The molecule has 0 radical (unpaired) electrons. The molecule has 1 aromatic heterocycles. The molecule has 112 valence electrons. The molecule has 5 nitrogen and oxygen atoms in total. The van der Waals surface area contributed by atoms with E-state index in [4.69, 9.17) is 5.84 Å². The maximum Gasteiger partial charge on any atom is 0.148 e. The molecule has 0 unspecified atom stereocenters. The molecule has 0 bridgehead atoms. The molecule has 0 atom stereocenters. The van der Waals surface area contributed by atoms with Gasteiger partial charge in [-0.05, 0) is 19.1 Å². The summed E-state index contributed by atoms with van der Waals surface area (Å²) < 4.78 is 14.0. The fourth-order valence-electron chi connectivity index (χ4n) is 2.08. The molecule has 0 saturated heterocycles. The number of rotatable bonds is 4. The third kappa shape index (κ3) is 2.95. The number of halogens is 1. The van der Waals surface area contributed by atoms with Gasteiger partial charge < -0.3 is 10.3 Å². The van der Waals surface area contributed by atoms with E-state index < -0.39 is 0 Å². The number of nitrogens with zero attached hydrogens (tertiary/aromatic N) is 3. The number of aromatic nitrogens is 2. The summed E-state index contributed by atoms with van der Waals surface area (Å²) in [6.07, 6.45) is 0. The highest BCUT2D eigenvalue weighted by Crippen LogP contribution is 2.30. The number of anilines is 3. The predicted octanol–water partition coefficient (Wildman–Crippen LogP) is 3.10. The van der Waals surface area contributed by atoms with Gasteiger partial charge in [0, 0.05) is 18.5 Å². The molecule has 0 aliphatic heterocycles. The van der Waals surface area contributed by atoms with Crippen LogP contribution < -0.4 is 16.2 Å². The second kappa shape index (κ2) is 6.05. The van der Waals surface area contributed by atoms with E-state index in [0.29, 0.717) is 23.1 Å². The molecule has 21 heavy (non-hydrogen) atoms. The molecule has 6 heteroatoms. The van der Waals surface area contributed by atoms with Crippen LogP contribution in [-0.4, -0.2) is 17.0 Å². The molecule has 0 aliphatic carbocycles. The van der Waals surface area contributed by atoms with Crippen LogP contribution in [0, 0.1) is 12.7 Å². The van der Waals surface area contributed by atoms with E-state index in [1.54, 1.807) is 30.1 Å². The lowest BCUT2D eigenvalue weighted by molar-refractivity contribution is 0.627. The first-order valence-corrected chi connectivity index (χ1v) is 6.79. The number of benzene rings is 1. The lowest BCUT2D eigenvalue weighted by atomic mass is 10.2. The minimum Gasteiger partial charge on any atom is -0.327 e. The number of nitrogen functional groups attached to an aromatic ring is 1. The van der Waals surface area contributed by atoms with E-state index in [2.05, 4.69) is 15.4 Å². The van der Waals surface area contributed by atoms with E-state index in [9.17, 15) is 4.39 Å². The average molecular weight is 289 g/mol. The van der Waals surface area contributed by atoms with E-state index in [1.807, 2.05) is 20.8 Å². The van der Waals surface area contributed by atoms with Gasteiger partial charge in [0.1, 0.15) is 23.3 Å². The summed E-state index contributed by atoms with van der Waals surface area (Å²) in [5, 5.41) is 0. The molecule has 1 heterocycles. The summed E-state index contributed by atoms with van der Waals surface area (Å²) in [4.78, 5) is 10.6. The fraction of sp³-hybridized carbons (Fsp3) is 0.333. The highest BCUT2D eigenvalue weighted by molar-refractivity contribution is 5.67. The van der Waals surface area contributed by atoms with Gasteiger partial charge in [0.25, 0.3) is 0 Å². The Bertz CT molecular complexity index is 642. The van der Waals surface area contributed by atoms with E-state index >= 15 is 0 Å². The summed E-state index contributed by atoms with van der Waals surface area (Å²) in [6, 6.07) is 6.58. The molecule has 3 N–H and O–H groups in total. The lowest BCUT2D eigenvalue weighted by Crippen LogP contribution is -2.19. The van der Waals surface area contributed by atoms with Crippen molar-refractivity contribution in [2.45, 2.75) is 26.7 Å². The van der Waals surface area contributed by atoms with Crippen LogP contribution in [0.4, 0.5) is 21.7 Å². The van der Waals surface area contributed by atoms with Gasteiger partial charge in [0.2, 0.25) is 0 Å². The van der Waals surface area contributed by atoms with Crippen molar-refractivity contribution >= 4 is 17.3 Å². The van der Waals surface area contributed by atoms with Crippen LogP contribution in [0.3, 0.4) is 0 Å². The summed E-state index contributed by atoms with van der Waals surface area (Å²) in [5.74, 6) is 7.21. The van der Waals surface area contributed by atoms with Crippen molar-refractivity contribution in [1.29, 1.82) is 0 Å². The fourth-order valence-corrected chi connectivity index (χ4v) is 2.08. The molecule has 1 aromatic carbocycles. The zero-order chi connectivity index (χ0) is 15.6. The number of nitrogens with one attached hydrogen (secondary N) is 1. The Morgan fingerprint density at radius 2 is 1.90 bits per heavy atom. The quantitative estimate of drug-likeness (QED) is 0.668. The summed E-state index contributed by atoms with van der Waals surface area (Å²) in [6.45, 7) is 5.85. The first kappa shape index (κ1) is 15.2. The Labute approximate surface area is 124 Å². The van der Waals surface area contributed by atoms with Gasteiger partial charge in [-0.25, -0.2) is 20.2 Å². The third-order valence-electron chi connectivity index (χ3n) is 3.32. The lowest BCUT2D eigenvalue weighted by Gasteiger charge is -2.23. The number of nitrogens with two attached hydrogens (primary N) is 1. The first-order chi connectivity index (χ1) is 9.95. The van der Waals surface area contributed by atoms with Crippen LogP contribution >= 0.6 is 0 Å². The van der Waals surface area contributed by atoms with Gasteiger partial charge in [0.05, 0.1) is 5.69 Å². The zero-order valence-corrected chi connectivity index (χ0v) is 12.7. The second-order valence-electron chi connectivity index (χ2n) is 5.19. The second-order valence-corrected chi connectivity index (χ2v) is 5.19. The molecule has 0 spiro atoms. The number of hydrazine groups is 1. The van der Waals surface area contributed by atoms with Crippen molar-refractivity contribution in [3.63, 3.8) is 0 Å². The zero-order valence-electron chi connectivity index (χ0n) is 12.7. The summed E-state index contributed by atoms with van der Waals surface area (Å²) in [5.41, 5.74) is 3.81. The molecule has 0 amide bonds. The van der Waals surface area contributed by atoms with Gasteiger partial charge in [-0.2, -0.15) is 0 Å². The molecular formula is C15H20FN5. The average Bonchev–Trinajstić information content (AvgIpc) is 2.47. The molecule has 0 fully saturated rings. The molecule has 0 saturated carbocycles. The minimum atomic E-state index is -0.300. The van der Waals surface area contributed by atoms with Crippen LogP contribution in [0.5, 0.6) is 0 Å². The Balaban J connectivity index is 2.57. The highest BCUT2D eigenvalue weighted by atomic mass is 19.1. The normalized spacial score (nSPS) is 10.8. The molecule has 2 aromatic rings. The Morgan fingerprint density at radius 1 is 1.24 bits per heavy atom. The van der Waals surface area contributed by atoms with Gasteiger partial charge in [0.15, 0.2) is 0 Å². The predicted molar refractivity (Wildman–Crippen MR) is 83.1 cm³/mol. The van der Waals surface area contributed by atoms with E-state index in [-0.39, 0.29) is 11.7 Å². The Morgan fingerprint density at radius 3 is 2.48 bits per heavy atom. The van der Waals surface area contributed by atoms with Gasteiger partial charge >= 0.3 is 0 Å². The number of hydrogen-bond acceptors (Lipinski definition) is 5. The number of hydrogen-bond donors (Lipinski definition) is 2. The molecule has 0 aliphatic rings.